The van der Waals surface area contributed by atoms with Crippen LogP contribution in [-0.4, -0.2) is 153 Å². The van der Waals surface area contributed by atoms with Crippen LogP contribution in [0.3, 0.4) is 0 Å². The zero-order chi connectivity index (χ0) is 63.4. The second-order valence-electron chi connectivity index (χ2n) is 22.1. The molecule has 1 saturated heterocycles. The molecule has 0 aliphatic carbocycles. The number of phenolic OH excluding ortho intramolecular Hbond substituents is 2. The number of primary amides is 1. The van der Waals surface area contributed by atoms with Crippen molar-refractivity contribution >= 4 is 81.7 Å². The van der Waals surface area contributed by atoms with Crippen LogP contribution in [0, 0.1) is 5.92 Å². The topological polar surface area (TPSA) is 352 Å². The van der Waals surface area contributed by atoms with Gasteiger partial charge in [-0.2, -0.15) is 0 Å². The van der Waals surface area contributed by atoms with E-state index in [-0.39, 0.29) is 67.4 Å². The van der Waals surface area contributed by atoms with Crippen LogP contribution in [0.4, 0.5) is 0 Å². The Bertz CT molecular complexity index is 3420. The molecule has 464 valence electrons. The molecular formula is C64H75N11O12S. The lowest BCUT2D eigenvalue weighted by Crippen LogP contribution is -2.60. The summed E-state index contributed by atoms with van der Waals surface area (Å²) in [6.45, 7) is 4.35. The number of nitrogens with zero attached hydrogens (tertiary/aromatic N) is 1. The standard InChI is InChI=1S/C64H75N11O12S/c1-37(2)27-48-60(83)72-51(30-42-21-25-45(77)26-22-42)62(85)73-52(32-43-33-66-47-18-12-11-17-46(43)47)63(86)74-53(57(65)80)35-88-36-55(78)69-50(28-39-13-7-5-8-14-39)61(84)71-49(29-41-19-23-44(76)24-20-41)59(82)67-34-56(79)75(4)54(31-40-15-9-6-10-16-40)64(87)68-38(3)58(81)70-48/h5-26,33,37-38,48-54,66,76-77H,27-32,34-36H2,1-4H3,(H2,65,80)(H,67,82)(H,68,87)(H,69,78)(H,70,81)(H,71,84)(H,72,83)(H,73,85)(H,74,86)/t38-,48+,49+,50+,51+,52+,53+,54+/m1/s1. The van der Waals surface area contributed by atoms with Crippen molar-refractivity contribution in [3.8, 4) is 11.5 Å². The van der Waals surface area contributed by atoms with E-state index >= 15 is 0 Å². The Kier molecular flexibility index (Phi) is 23.6. The zero-order valence-electron chi connectivity index (χ0n) is 49.2. The van der Waals surface area contributed by atoms with Crippen molar-refractivity contribution in [2.24, 2.45) is 11.7 Å². The van der Waals surface area contributed by atoms with Gasteiger partial charge in [0.15, 0.2) is 0 Å². The monoisotopic (exact) mass is 1220 g/mol. The Morgan fingerprint density at radius 1 is 0.545 bits per heavy atom. The second-order valence-corrected chi connectivity index (χ2v) is 23.2. The van der Waals surface area contributed by atoms with E-state index in [4.69, 9.17) is 5.73 Å². The van der Waals surface area contributed by atoms with E-state index < -0.39 is 114 Å². The molecule has 0 radical (unpaired) electrons. The maximum atomic E-state index is 14.8. The Morgan fingerprint density at radius 2 is 1.01 bits per heavy atom. The smallest absolute Gasteiger partial charge is 0.243 e. The van der Waals surface area contributed by atoms with Crippen LogP contribution in [-0.2, 0) is 80.0 Å². The van der Waals surface area contributed by atoms with Crippen molar-refractivity contribution in [3.63, 3.8) is 0 Å². The molecule has 5 aromatic carbocycles. The Hall–Kier alpha value is -9.71. The van der Waals surface area contributed by atoms with Gasteiger partial charge in [-0.15, -0.1) is 11.8 Å². The number of rotatable bonds is 13. The van der Waals surface area contributed by atoms with Crippen LogP contribution in [0.1, 0.15) is 55.0 Å². The third-order valence-corrected chi connectivity index (χ3v) is 15.8. The number of carbonyl (C=O) groups excluding carboxylic acids is 10. The summed E-state index contributed by atoms with van der Waals surface area (Å²) in [6.07, 6.45) is 1.17. The van der Waals surface area contributed by atoms with Crippen LogP contribution in [0.15, 0.2) is 140 Å². The highest BCUT2D eigenvalue weighted by atomic mass is 32.2. The number of amides is 10. The van der Waals surface area contributed by atoms with Crippen LogP contribution in [0.25, 0.3) is 10.9 Å². The van der Waals surface area contributed by atoms with Crippen LogP contribution in [0.2, 0.25) is 0 Å². The predicted octanol–water partition coefficient (Wildman–Crippen LogP) is 1.73. The zero-order valence-corrected chi connectivity index (χ0v) is 50.1. The van der Waals surface area contributed by atoms with Gasteiger partial charge in [-0.1, -0.05) is 117 Å². The van der Waals surface area contributed by atoms with E-state index in [0.717, 1.165) is 27.6 Å². The van der Waals surface area contributed by atoms with Gasteiger partial charge in [0.25, 0.3) is 0 Å². The number of fused-ring (bicyclic) bond motifs is 1. The van der Waals surface area contributed by atoms with Crippen molar-refractivity contribution in [1.29, 1.82) is 0 Å². The minimum atomic E-state index is -1.44. The molecular weight excluding hydrogens is 1150 g/mol. The van der Waals surface area contributed by atoms with E-state index in [2.05, 4.69) is 47.5 Å². The molecule has 88 heavy (non-hydrogen) atoms. The van der Waals surface area contributed by atoms with Crippen LogP contribution in [0.5, 0.6) is 11.5 Å². The normalized spacial score (nSPS) is 22.2. The fourth-order valence-electron chi connectivity index (χ4n) is 9.93. The highest BCUT2D eigenvalue weighted by molar-refractivity contribution is 8.00. The lowest BCUT2D eigenvalue weighted by Gasteiger charge is -2.30. The number of nitrogens with two attached hydrogens (primary N) is 1. The number of aromatic amines is 1. The number of benzene rings is 5. The molecule has 1 fully saturated rings. The maximum Gasteiger partial charge on any atom is 0.243 e. The van der Waals surface area contributed by atoms with Crippen molar-refractivity contribution in [1.82, 2.24) is 52.4 Å². The van der Waals surface area contributed by atoms with Gasteiger partial charge in [0, 0.05) is 62.0 Å². The van der Waals surface area contributed by atoms with Gasteiger partial charge in [0.05, 0.1) is 12.3 Å². The number of aromatic nitrogens is 1. The number of carbonyl (C=O) groups is 10. The molecule has 8 atom stereocenters. The van der Waals surface area contributed by atoms with E-state index in [1.54, 1.807) is 97.2 Å². The van der Waals surface area contributed by atoms with Crippen LogP contribution >= 0.6 is 11.8 Å². The summed E-state index contributed by atoms with van der Waals surface area (Å²) in [5.41, 5.74) is 9.48. The first-order valence-corrected chi connectivity index (χ1v) is 30.0. The molecule has 7 rings (SSSR count). The molecule has 1 aliphatic heterocycles. The largest absolute Gasteiger partial charge is 0.508 e. The molecule has 0 saturated carbocycles. The summed E-state index contributed by atoms with van der Waals surface area (Å²) >= 11 is 0.906. The molecule has 10 amide bonds. The fourth-order valence-corrected chi connectivity index (χ4v) is 10.8. The quantitative estimate of drug-likeness (QED) is 0.0785. The Morgan fingerprint density at radius 3 is 1.57 bits per heavy atom. The van der Waals surface area contributed by atoms with Gasteiger partial charge >= 0.3 is 0 Å². The van der Waals surface area contributed by atoms with Gasteiger partial charge in [-0.3, -0.25) is 47.9 Å². The Balaban J connectivity index is 1.24. The molecule has 1 aliphatic rings. The van der Waals surface area contributed by atoms with Gasteiger partial charge in [0.1, 0.15) is 59.8 Å². The molecule has 13 N–H and O–H groups in total. The first-order chi connectivity index (χ1) is 42.1. The van der Waals surface area contributed by atoms with Crippen molar-refractivity contribution in [2.45, 2.75) is 108 Å². The highest BCUT2D eigenvalue weighted by Gasteiger charge is 2.36. The van der Waals surface area contributed by atoms with Crippen molar-refractivity contribution in [2.75, 3.05) is 25.1 Å². The van der Waals surface area contributed by atoms with Gasteiger partial charge < -0.3 is 68.4 Å². The fraction of sp³-hybridized carbons (Fsp3) is 0.344. The molecule has 0 spiro atoms. The van der Waals surface area contributed by atoms with Crippen molar-refractivity contribution in [3.05, 3.63) is 167 Å². The van der Waals surface area contributed by atoms with Gasteiger partial charge in [-0.05, 0) is 77.4 Å². The third-order valence-electron chi connectivity index (χ3n) is 14.8. The average Bonchev–Trinajstić information content (AvgIpc) is 3.30. The number of phenols is 2. The molecule has 1 aromatic heterocycles. The van der Waals surface area contributed by atoms with Gasteiger partial charge in [0.2, 0.25) is 59.1 Å². The number of aromatic hydroxyl groups is 2. The number of hydrogen-bond donors (Lipinski definition) is 12. The number of nitrogens with one attached hydrogen (secondary N) is 9. The first kappa shape index (κ1) is 65.8. The second kappa shape index (κ2) is 31.6. The summed E-state index contributed by atoms with van der Waals surface area (Å²) in [4.78, 5) is 147. The minimum absolute atomic E-state index is 0.0390. The van der Waals surface area contributed by atoms with E-state index in [1.165, 1.54) is 38.2 Å². The van der Waals surface area contributed by atoms with E-state index in [0.29, 0.717) is 27.8 Å². The third kappa shape index (κ3) is 19.4. The van der Waals surface area contributed by atoms with Gasteiger partial charge in [-0.25, -0.2) is 0 Å². The average molecular weight is 1220 g/mol. The SMILES string of the molecule is CC(C)C[C@@H]1NC(=O)[C@@H](C)NC(=O)[C@H](Cc2ccccc2)N(C)C(=O)CNC(=O)[C@H](Cc2ccc(O)cc2)NC(=O)[C@H](Cc2ccccc2)NC(=O)CSC[C@@H](C(N)=O)NC(=O)[C@H](Cc2c[nH]c3ccccc23)NC(=O)[C@H](Cc2ccc(O)cc2)NC1=O. The maximum absolute atomic E-state index is 14.8. The molecule has 2 heterocycles. The lowest BCUT2D eigenvalue weighted by atomic mass is 9.99. The predicted molar refractivity (Wildman–Crippen MR) is 331 cm³/mol. The summed E-state index contributed by atoms with van der Waals surface area (Å²) in [7, 11) is 1.36. The number of para-hydroxylation sites is 1. The number of hydrogen-bond acceptors (Lipinski definition) is 13. The summed E-state index contributed by atoms with van der Waals surface area (Å²) in [6, 6.07) is 25.6. The first-order valence-electron chi connectivity index (χ1n) is 28.8. The lowest BCUT2D eigenvalue weighted by molar-refractivity contribution is -0.140. The number of H-pyrrole nitrogens is 1. The summed E-state index contributed by atoms with van der Waals surface area (Å²) in [5.74, 6) is -8.98. The van der Waals surface area contributed by atoms with Crippen LogP contribution < -0.4 is 48.3 Å². The molecule has 6 aromatic rings. The molecule has 0 bridgehead atoms. The Labute approximate surface area is 513 Å². The molecule has 24 heteroatoms. The van der Waals surface area contributed by atoms with E-state index in [9.17, 15) is 58.2 Å². The molecule has 0 unspecified atom stereocenters. The summed E-state index contributed by atoms with van der Waals surface area (Å²) in [5, 5.41) is 42.6. The molecule has 23 nitrogen and oxygen atoms in total. The highest BCUT2D eigenvalue weighted by Crippen LogP contribution is 2.21. The number of likely N-dealkylation sites (N-methyl/N-ethyl adjacent to an activating group) is 1. The number of thioether (sulfide) groups is 1. The van der Waals surface area contributed by atoms with E-state index in [1.807, 2.05) is 32.0 Å². The summed E-state index contributed by atoms with van der Waals surface area (Å²) < 4.78 is 0. The minimum Gasteiger partial charge on any atom is -0.508 e. The van der Waals surface area contributed by atoms with Crippen molar-refractivity contribution < 1.29 is 58.2 Å².